The van der Waals surface area contributed by atoms with E-state index in [1.54, 1.807) is 18.2 Å². The molecule has 0 bridgehead atoms. The van der Waals surface area contributed by atoms with Gasteiger partial charge in [0.2, 0.25) is 0 Å². The second-order valence-electron chi connectivity index (χ2n) is 4.02. The first-order valence-electron chi connectivity index (χ1n) is 6.11. The Balaban J connectivity index is 2.24. The molecule has 0 saturated carbocycles. The Kier molecular flexibility index (Phi) is 6.90. The minimum absolute atomic E-state index is 0.0499. The van der Waals surface area contributed by atoms with Crippen LogP contribution in [0.25, 0.3) is 0 Å². The summed E-state index contributed by atoms with van der Waals surface area (Å²) in [6, 6.07) is 7.06. The van der Waals surface area contributed by atoms with Crippen molar-refractivity contribution in [1.82, 2.24) is 0 Å². The van der Waals surface area contributed by atoms with Crippen LogP contribution >= 0.6 is 11.6 Å². The summed E-state index contributed by atoms with van der Waals surface area (Å²) in [6.07, 6.45) is 4.61. The molecule has 1 aromatic rings. The van der Waals surface area contributed by atoms with E-state index in [-0.39, 0.29) is 12.4 Å². The summed E-state index contributed by atoms with van der Waals surface area (Å²) < 4.78 is 5.34. The number of Topliss-reactive ketones (excluding diaryl/α,β-unsaturated/α-hetero) is 1. The zero-order valence-electron chi connectivity index (χ0n) is 10.2. The molecule has 1 rings (SSSR count). The van der Waals surface area contributed by atoms with Gasteiger partial charge in [0.25, 0.3) is 0 Å². The monoisotopic (exact) mass is 254 g/mol. The van der Waals surface area contributed by atoms with E-state index in [9.17, 15) is 4.79 Å². The number of benzene rings is 1. The number of halogens is 1. The molecule has 0 aromatic heterocycles. The highest BCUT2D eigenvalue weighted by Gasteiger charge is 2.09. The molecule has 0 radical (unpaired) electrons. The lowest BCUT2D eigenvalue weighted by Crippen LogP contribution is -2.10. The normalized spacial score (nSPS) is 10.5. The summed E-state index contributed by atoms with van der Waals surface area (Å²) in [5, 5.41) is 0.493. The van der Waals surface area contributed by atoms with Gasteiger partial charge in [0, 0.05) is 12.2 Å². The van der Waals surface area contributed by atoms with Gasteiger partial charge < -0.3 is 4.74 Å². The minimum atomic E-state index is -0.0499. The van der Waals surface area contributed by atoms with Crippen LogP contribution in [0.15, 0.2) is 24.3 Å². The Morgan fingerprint density at radius 2 is 2.00 bits per heavy atom. The first-order valence-corrected chi connectivity index (χ1v) is 6.49. The Bertz CT molecular complexity index is 350. The lowest BCUT2D eigenvalue weighted by Gasteiger charge is -2.05. The maximum absolute atomic E-state index is 11.7. The van der Waals surface area contributed by atoms with Crippen molar-refractivity contribution in [2.45, 2.75) is 32.6 Å². The fourth-order valence-electron chi connectivity index (χ4n) is 1.56. The van der Waals surface area contributed by atoms with Gasteiger partial charge in [0.1, 0.15) is 6.61 Å². The van der Waals surface area contributed by atoms with Crippen LogP contribution in [0, 0.1) is 0 Å². The van der Waals surface area contributed by atoms with Crippen molar-refractivity contribution in [3.05, 3.63) is 34.9 Å². The van der Waals surface area contributed by atoms with Gasteiger partial charge in [0.15, 0.2) is 5.78 Å². The van der Waals surface area contributed by atoms with Crippen molar-refractivity contribution in [2.24, 2.45) is 0 Å². The van der Waals surface area contributed by atoms with Crippen LogP contribution in [0.3, 0.4) is 0 Å². The number of carbonyl (C=O) groups excluding carboxylic acids is 1. The smallest absolute Gasteiger partial charge is 0.189 e. The van der Waals surface area contributed by atoms with Crippen LogP contribution in [-0.4, -0.2) is 19.0 Å². The fraction of sp³-hybridized carbons (Fsp3) is 0.500. The van der Waals surface area contributed by atoms with Gasteiger partial charge in [-0.3, -0.25) is 4.79 Å². The summed E-state index contributed by atoms with van der Waals surface area (Å²) in [5.41, 5.74) is 0.544. The third-order valence-corrected chi connectivity index (χ3v) is 2.88. The number of carbonyl (C=O) groups is 1. The first kappa shape index (κ1) is 14.2. The van der Waals surface area contributed by atoms with Gasteiger partial charge in [-0.05, 0) is 18.6 Å². The van der Waals surface area contributed by atoms with Gasteiger partial charge >= 0.3 is 0 Å². The van der Waals surface area contributed by atoms with Crippen molar-refractivity contribution >= 4 is 17.4 Å². The Morgan fingerprint density at radius 1 is 1.24 bits per heavy atom. The molecule has 0 aliphatic heterocycles. The summed E-state index contributed by atoms with van der Waals surface area (Å²) in [6.45, 7) is 2.94. The fourth-order valence-corrected chi connectivity index (χ4v) is 1.80. The van der Waals surface area contributed by atoms with E-state index >= 15 is 0 Å². The van der Waals surface area contributed by atoms with Crippen molar-refractivity contribution in [3.63, 3.8) is 0 Å². The molecule has 0 heterocycles. The summed E-state index contributed by atoms with van der Waals surface area (Å²) in [7, 11) is 0. The highest BCUT2D eigenvalue weighted by atomic mass is 35.5. The average Bonchev–Trinajstić information content (AvgIpc) is 2.34. The van der Waals surface area contributed by atoms with Gasteiger partial charge in [-0.25, -0.2) is 0 Å². The minimum Gasteiger partial charge on any atom is -0.373 e. The van der Waals surface area contributed by atoms with E-state index in [2.05, 4.69) is 6.92 Å². The van der Waals surface area contributed by atoms with E-state index in [1.807, 2.05) is 6.07 Å². The molecular formula is C14H19ClO2. The van der Waals surface area contributed by atoms with Crippen LogP contribution in [-0.2, 0) is 4.74 Å². The van der Waals surface area contributed by atoms with E-state index < -0.39 is 0 Å². The van der Waals surface area contributed by atoms with Crippen LogP contribution in [0.1, 0.15) is 43.0 Å². The Hall–Kier alpha value is -0.860. The standard InChI is InChI=1S/C14H19ClO2/c1-2-3-4-7-10-17-11-14(16)12-8-5-6-9-13(12)15/h5-6,8-9H,2-4,7,10-11H2,1H3. The third kappa shape index (κ3) is 5.33. The second-order valence-corrected chi connectivity index (χ2v) is 4.42. The summed E-state index contributed by atoms with van der Waals surface area (Å²) in [5.74, 6) is -0.0499. The number of hydrogen-bond acceptors (Lipinski definition) is 2. The topological polar surface area (TPSA) is 26.3 Å². The quantitative estimate of drug-likeness (QED) is 0.515. The van der Waals surface area contributed by atoms with Crippen LogP contribution in [0.5, 0.6) is 0 Å². The predicted molar refractivity (Wildman–Crippen MR) is 70.7 cm³/mol. The van der Waals surface area contributed by atoms with Crippen LogP contribution in [0.2, 0.25) is 5.02 Å². The SMILES string of the molecule is CCCCCCOCC(=O)c1ccccc1Cl. The molecule has 2 nitrogen and oxygen atoms in total. The maximum atomic E-state index is 11.7. The molecule has 3 heteroatoms. The molecule has 0 fully saturated rings. The molecule has 0 atom stereocenters. The molecule has 94 valence electrons. The zero-order valence-corrected chi connectivity index (χ0v) is 11.0. The number of rotatable bonds is 8. The van der Waals surface area contributed by atoms with E-state index in [4.69, 9.17) is 16.3 Å². The van der Waals surface area contributed by atoms with E-state index in [0.717, 1.165) is 12.8 Å². The summed E-state index contributed by atoms with van der Waals surface area (Å²) >= 11 is 5.92. The molecule has 17 heavy (non-hydrogen) atoms. The first-order chi connectivity index (χ1) is 8.25. The van der Waals surface area contributed by atoms with Gasteiger partial charge in [0.05, 0.1) is 5.02 Å². The molecule has 0 aliphatic rings. The molecule has 0 N–H and O–H groups in total. The highest BCUT2D eigenvalue weighted by Crippen LogP contribution is 2.15. The molecular weight excluding hydrogens is 236 g/mol. The van der Waals surface area contributed by atoms with Crippen molar-refractivity contribution in [3.8, 4) is 0 Å². The molecule has 0 unspecified atom stereocenters. The highest BCUT2D eigenvalue weighted by molar-refractivity contribution is 6.34. The zero-order chi connectivity index (χ0) is 12.5. The van der Waals surface area contributed by atoms with Gasteiger partial charge in [-0.2, -0.15) is 0 Å². The van der Waals surface area contributed by atoms with E-state index in [0.29, 0.717) is 17.2 Å². The van der Waals surface area contributed by atoms with Crippen LogP contribution < -0.4 is 0 Å². The molecule has 0 aliphatic carbocycles. The van der Waals surface area contributed by atoms with Crippen molar-refractivity contribution in [2.75, 3.05) is 13.2 Å². The third-order valence-electron chi connectivity index (χ3n) is 2.55. The number of unbranched alkanes of at least 4 members (excludes halogenated alkanes) is 3. The second kappa shape index (κ2) is 8.26. The predicted octanol–water partition coefficient (Wildman–Crippen LogP) is 4.12. The summed E-state index contributed by atoms with van der Waals surface area (Å²) in [4.78, 5) is 11.7. The molecule has 0 spiro atoms. The number of hydrogen-bond donors (Lipinski definition) is 0. The number of ether oxygens (including phenoxy) is 1. The largest absolute Gasteiger partial charge is 0.373 e. The lowest BCUT2D eigenvalue weighted by molar-refractivity contribution is 0.0752. The van der Waals surface area contributed by atoms with Gasteiger partial charge in [-0.1, -0.05) is 49.9 Å². The lowest BCUT2D eigenvalue weighted by atomic mass is 10.1. The molecule has 1 aromatic carbocycles. The Morgan fingerprint density at radius 3 is 2.71 bits per heavy atom. The molecule has 0 amide bonds. The van der Waals surface area contributed by atoms with Crippen molar-refractivity contribution in [1.29, 1.82) is 0 Å². The van der Waals surface area contributed by atoms with Crippen molar-refractivity contribution < 1.29 is 9.53 Å². The van der Waals surface area contributed by atoms with Crippen LogP contribution in [0.4, 0.5) is 0 Å². The maximum Gasteiger partial charge on any atom is 0.189 e. The Labute approximate surface area is 108 Å². The van der Waals surface area contributed by atoms with E-state index in [1.165, 1.54) is 12.8 Å². The average molecular weight is 255 g/mol. The molecule has 0 saturated heterocycles. The number of ketones is 1. The van der Waals surface area contributed by atoms with Gasteiger partial charge in [-0.15, -0.1) is 0 Å².